The average molecular weight is 258 g/mol. The Balaban J connectivity index is 2.18. The number of aryl methyl sites for hydroxylation is 2. The topological polar surface area (TPSA) is 42.7 Å². The zero-order valence-corrected chi connectivity index (χ0v) is 12.1. The fourth-order valence-electron chi connectivity index (χ4n) is 2.15. The lowest BCUT2D eigenvalue weighted by Crippen LogP contribution is -2.21. The molecule has 0 unspecified atom stereocenters. The highest BCUT2D eigenvalue weighted by Crippen LogP contribution is 2.14. The molecule has 2 aromatic rings. The van der Waals surface area contributed by atoms with E-state index in [1.165, 1.54) is 11.1 Å². The van der Waals surface area contributed by atoms with E-state index in [0.717, 1.165) is 24.6 Å². The van der Waals surface area contributed by atoms with Crippen LogP contribution in [0.25, 0.3) is 5.69 Å². The summed E-state index contributed by atoms with van der Waals surface area (Å²) >= 11 is 0. The zero-order chi connectivity index (χ0) is 13.8. The highest BCUT2D eigenvalue weighted by Gasteiger charge is 2.07. The van der Waals surface area contributed by atoms with Gasteiger partial charge in [-0.2, -0.15) is 5.10 Å². The third-order valence-corrected chi connectivity index (χ3v) is 2.91. The number of rotatable bonds is 5. The van der Waals surface area contributed by atoms with Crippen LogP contribution in [0.1, 0.15) is 30.8 Å². The van der Waals surface area contributed by atoms with Gasteiger partial charge in [-0.25, -0.2) is 9.67 Å². The van der Waals surface area contributed by atoms with Crippen molar-refractivity contribution in [3.05, 3.63) is 41.5 Å². The summed E-state index contributed by atoms with van der Waals surface area (Å²) in [7, 11) is 0. The van der Waals surface area contributed by atoms with Gasteiger partial charge >= 0.3 is 0 Å². The van der Waals surface area contributed by atoms with Gasteiger partial charge in [0.2, 0.25) is 0 Å². The fourth-order valence-corrected chi connectivity index (χ4v) is 2.15. The first-order valence-corrected chi connectivity index (χ1v) is 6.74. The van der Waals surface area contributed by atoms with Crippen LogP contribution in [0.5, 0.6) is 0 Å². The van der Waals surface area contributed by atoms with E-state index in [1.54, 1.807) is 6.33 Å². The second-order valence-corrected chi connectivity index (χ2v) is 5.46. The lowest BCUT2D eigenvalue weighted by Gasteiger charge is -2.10. The summed E-state index contributed by atoms with van der Waals surface area (Å²) in [5, 5.41) is 7.74. The number of nitrogens with one attached hydrogen (secondary N) is 1. The van der Waals surface area contributed by atoms with E-state index >= 15 is 0 Å². The Morgan fingerprint density at radius 1 is 1.16 bits per heavy atom. The standard InChI is InChI=1S/C15H22N4/c1-11(2)8-16-9-15-17-10-18-19(15)14-6-12(3)5-13(4)7-14/h5-7,10-11,16H,8-9H2,1-4H3. The van der Waals surface area contributed by atoms with Crippen LogP contribution in [0.2, 0.25) is 0 Å². The molecule has 0 saturated carbocycles. The third-order valence-electron chi connectivity index (χ3n) is 2.91. The number of hydrogen-bond donors (Lipinski definition) is 1. The van der Waals surface area contributed by atoms with Crippen molar-refractivity contribution in [2.45, 2.75) is 34.2 Å². The molecule has 0 aliphatic rings. The van der Waals surface area contributed by atoms with E-state index in [0.29, 0.717) is 5.92 Å². The van der Waals surface area contributed by atoms with Crippen molar-refractivity contribution < 1.29 is 0 Å². The van der Waals surface area contributed by atoms with Gasteiger partial charge in [-0.05, 0) is 49.6 Å². The van der Waals surface area contributed by atoms with E-state index in [2.05, 4.69) is 61.3 Å². The van der Waals surface area contributed by atoms with Crippen LogP contribution in [0.3, 0.4) is 0 Å². The van der Waals surface area contributed by atoms with Gasteiger partial charge in [-0.1, -0.05) is 19.9 Å². The van der Waals surface area contributed by atoms with Crippen LogP contribution in [-0.4, -0.2) is 21.3 Å². The smallest absolute Gasteiger partial charge is 0.146 e. The van der Waals surface area contributed by atoms with Crippen molar-refractivity contribution in [1.82, 2.24) is 20.1 Å². The Labute approximate surface area is 114 Å². The van der Waals surface area contributed by atoms with Gasteiger partial charge in [0.1, 0.15) is 12.2 Å². The number of hydrogen-bond acceptors (Lipinski definition) is 3. The van der Waals surface area contributed by atoms with Crippen molar-refractivity contribution in [2.24, 2.45) is 5.92 Å². The molecular weight excluding hydrogens is 236 g/mol. The summed E-state index contributed by atoms with van der Waals surface area (Å²) in [6, 6.07) is 6.43. The molecule has 1 heterocycles. The van der Waals surface area contributed by atoms with Gasteiger partial charge in [0.05, 0.1) is 12.2 Å². The molecule has 0 spiro atoms. The van der Waals surface area contributed by atoms with Gasteiger partial charge < -0.3 is 5.32 Å². The molecule has 2 rings (SSSR count). The van der Waals surface area contributed by atoms with Crippen LogP contribution in [0.15, 0.2) is 24.5 Å². The zero-order valence-electron chi connectivity index (χ0n) is 12.1. The van der Waals surface area contributed by atoms with Crippen molar-refractivity contribution >= 4 is 0 Å². The van der Waals surface area contributed by atoms with Gasteiger partial charge in [0.25, 0.3) is 0 Å². The first-order valence-electron chi connectivity index (χ1n) is 6.74. The first kappa shape index (κ1) is 13.7. The Hall–Kier alpha value is -1.68. The lowest BCUT2D eigenvalue weighted by molar-refractivity contribution is 0.538. The van der Waals surface area contributed by atoms with Crippen LogP contribution in [0, 0.1) is 19.8 Å². The van der Waals surface area contributed by atoms with E-state index in [-0.39, 0.29) is 0 Å². The molecule has 0 amide bonds. The minimum Gasteiger partial charge on any atom is -0.310 e. The van der Waals surface area contributed by atoms with Crippen molar-refractivity contribution in [1.29, 1.82) is 0 Å². The lowest BCUT2D eigenvalue weighted by atomic mass is 10.1. The molecule has 0 atom stereocenters. The molecule has 0 aliphatic carbocycles. The molecule has 19 heavy (non-hydrogen) atoms. The molecule has 0 fully saturated rings. The Morgan fingerprint density at radius 2 is 1.84 bits per heavy atom. The molecule has 0 aliphatic heterocycles. The molecule has 0 radical (unpaired) electrons. The minimum absolute atomic E-state index is 0.637. The molecular formula is C15H22N4. The number of benzene rings is 1. The minimum atomic E-state index is 0.637. The van der Waals surface area contributed by atoms with Gasteiger partial charge in [-0.15, -0.1) is 0 Å². The third kappa shape index (κ3) is 3.64. The average Bonchev–Trinajstić information content (AvgIpc) is 2.75. The Kier molecular flexibility index (Phi) is 4.32. The summed E-state index contributed by atoms with van der Waals surface area (Å²) in [6.07, 6.45) is 1.62. The molecule has 0 bridgehead atoms. The molecule has 4 nitrogen and oxygen atoms in total. The fraction of sp³-hybridized carbons (Fsp3) is 0.467. The Morgan fingerprint density at radius 3 is 2.47 bits per heavy atom. The van der Waals surface area contributed by atoms with Crippen molar-refractivity contribution in [2.75, 3.05) is 6.54 Å². The predicted octanol–water partition coefficient (Wildman–Crippen LogP) is 2.63. The van der Waals surface area contributed by atoms with E-state index in [9.17, 15) is 0 Å². The molecule has 1 aromatic heterocycles. The highest BCUT2D eigenvalue weighted by molar-refractivity contribution is 5.39. The van der Waals surface area contributed by atoms with Crippen LogP contribution in [-0.2, 0) is 6.54 Å². The number of aromatic nitrogens is 3. The second kappa shape index (κ2) is 5.97. The van der Waals surface area contributed by atoms with Crippen LogP contribution in [0.4, 0.5) is 0 Å². The first-order chi connectivity index (χ1) is 9.06. The van der Waals surface area contributed by atoms with Crippen molar-refractivity contribution in [3.63, 3.8) is 0 Å². The highest BCUT2D eigenvalue weighted by atomic mass is 15.3. The maximum Gasteiger partial charge on any atom is 0.146 e. The Bertz CT molecular complexity index is 523. The van der Waals surface area contributed by atoms with Gasteiger partial charge in [0, 0.05) is 0 Å². The summed E-state index contributed by atoms with van der Waals surface area (Å²) in [5.41, 5.74) is 3.56. The van der Waals surface area contributed by atoms with Gasteiger partial charge in [-0.3, -0.25) is 0 Å². The maximum atomic E-state index is 4.34. The van der Waals surface area contributed by atoms with Crippen LogP contribution >= 0.6 is 0 Å². The summed E-state index contributed by atoms with van der Waals surface area (Å²) in [4.78, 5) is 4.34. The quantitative estimate of drug-likeness (QED) is 0.896. The number of nitrogens with zero attached hydrogens (tertiary/aromatic N) is 3. The molecule has 1 aromatic carbocycles. The van der Waals surface area contributed by atoms with Gasteiger partial charge in [0.15, 0.2) is 0 Å². The normalized spacial score (nSPS) is 11.2. The van der Waals surface area contributed by atoms with Crippen LogP contribution < -0.4 is 5.32 Å². The SMILES string of the molecule is Cc1cc(C)cc(-n2ncnc2CNCC(C)C)c1. The summed E-state index contributed by atoms with van der Waals surface area (Å²) in [6.45, 7) is 10.3. The van der Waals surface area contributed by atoms with E-state index < -0.39 is 0 Å². The second-order valence-electron chi connectivity index (χ2n) is 5.46. The van der Waals surface area contributed by atoms with Crippen molar-refractivity contribution in [3.8, 4) is 5.69 Å². The molecule has 1 N–H and O–H groups in total. The predicted molar refractivity (Wildman–Crippen MR) is 77.4 cm³/mol. The molecule has 0 saturated heterocycles. The molecule has 102 valence electrons. The largest absolute Gasteiger partial charge is 0.310 e. The summed E-state index contributed by atoms with van der Waals surface area (Å²) < 4.78 is 1.91. The monoisotopic (exact) mass is 258 g/mol. The van der Waals surface area contributed by atoms with E-state index in [4.69, 9.17) is 0 Å². The maximum absolute atomic E-state index is 4.34. The summed E-state index contributed by atoms with van der Waals surface area (Å²) in [5.74, 6) is 1.59. The molecule has 4 heteroatoms. The van der Waals surface area contributed by atoms with E-state index in [1.807, 2.05) is 4.68 Å².